The van der Waals surface area contributed by atoms with E-state index in [4.69, 9.17) is 4.74 Å². The lowest BCUT2D eigenvalue weighted by atomic mass is 9.98. The molecule has 0 bridgehead atoms. The quantitative estimate of drug-likeness (QED) is 0.840. The zero-order valence-electron chi connectivity index (χ0n) is 12.2. The van der Waals surface area contributed by atoms with Crippen molar-refractivity contribution >= 4 is 6.09 Å². The van der Waals surface area contributed by atoms with Crippen molar-refractivity contribution in [1.82, 2.24) is 4.90 Å². The van der Waals surface area contributed by atoms with Crippen molar-refractivity contribution in [3.63, 3.8) is 0 Å². The van der Waals surface area contributed by atoms with E-state index in [1.807, 2.05) is 30.3 Å². The van der Waals surface area contributed by atoms with Gasteiger partial charge in [-0.05, 0) is 30.0 Å². The maximum Gasteiger partial charge on any atom is 0.410 e. The summed E-state index contributed by atoms with van der Waals surface area (Å²) in [7, 11) is 0. The highest BCUT2D eigenvalue weighted by Crippen LogP contribution is 2.20. The Morgan fingerprint density at radius 3 is 2.76 bits per heavy atom. The van der Waals surface area contributed by atoms with Crippen molar-refractivity contribution < 1.29 is 9.53 Å². The number of carbonyl (C=O) groups is 1. The van der Waals surface area contributed by atoms with Crippen LogP contribution in [-0.4, -0.2) is 17.5 Å². The summed E-state index contributed by atoms with van der Waals surface area (Å²) in [6, 6.07) is 16.2. The normalized spacial score (nSPS) is 13.7. The van der Waals surface area contributed by atoms with E-state index < -0.39 is 0 Å². The molecule has 0 spiro atoms. The second kappa shape index (κ2) is 6.00. The van der Waals surface area contributed by atoms with Gasteiger partial charge in [0, 0.05) is 13.1 Å². The second-order valence-electron chi connectivity index (χ2n) is 5.48. The molecule has 2 aromatic rings. The van der Waals surface area contributed by atoms with Crippen LogP contribution >= 0.6 is 0 Å². The van der Waals surface area contributed by atoms with Crippen molar-refractivity contribution in [3.05, 3.63) is 70.8 Å². The number of hydrogen-bond donors (Lipinski definition) is 0. The molecule has 0 unspecified atom stereocenters. The Bertz CT molecular complexity index is 637. The van der Waals surface area contributed by atoms with Crippen molar-refractivity contribution in [3.8, 4) is 0 Å². The standard InChI is InChI=1S/C18H19NO2/c1-14-7-8-17-12-19(10-9-16(17)11-14)18(20)21-13-15-5-3-2-4-6-15/h2-8,11H,9-10,12-13H2,1H3. The van der Waals surface area contributed by atoms with E-state index in [0.717, 1.165) is 18.5 Å². The molecule has 1 aliphatic heterocycles. The van der Waals surface area contributed by atoms with Crippen LogP contribution in [0.4, 0.5) is 4.79 Å². The topological polar surface area (TPSA) is 29.5 Å². The lowest BCUT2D eigenvalue weighted by Gasteiger charge is -2.28. The molecule has 3 heteroatoms. The summed E-state index contributed by atoms with van der Waals surface area (Å²) in [5.41, 5.74) is 4.86. The maximum atomic E-state index is 12.2. The van der Waals surface area contributed by atoms with Gasteiger partial charge in [0.25, 0.3) is 0 Å². The van der Waals surface area contributed by atoms with Crippen LogP contribution in [0.15, 0.2) is 48.5 Å². The molecule has 0 saturated heterocycles. The van der Waals surface area contributed by atoms with E-state index in [2.05, 4.69) is 25.1 Å². The van der Waals surface area contributed by atoms with Crippen LogP contribution < -0.4 is 0 Å². The number of aryl methyl sites for hydroxylation is 1. The molecule has 108 valence electrons. The average Bonchev–Trinajstić information content (AvgIpc) is 2.53. The van der Waals surface area contributed by atoms with Crippen LogP contribution in [0, 0.1) is 6.92 Å². The summed E-state index contributed by atoms with van der Waals surface area (Å²) in [5.74, 6) is 0. The first kappa shape index (κ1) is 13.7. The van der Waals surface area contributed by atoms with E-state index in [9.17, 15) is 4.79 Å². The fraction of sp³-hybridized carbons (Fsp3) is 0.278. The van der Waals surface area contributed by atoms with Crippen molar-refractivity contribution in [2.45, 2.75) is 26.5 Å². The van der Waals surface area contributed by atoms with Gasteiger partial charge in [-0.2, -0.15) is 0 Å². The molecule has 1 aliphatic rings. The molecule has 0 aromatic heterocycles. The minimum absolute atomic E-state index is 0.231. The van der Waals surface area contributed by atoms with Crippen LogP contribution in [0.1, 0.15) is 22.3 Å². The van der Waals surface area contributed by atoms with E-state index >= 15 is 0 Å². The Hall–Kier alpha value is -2.29. The molecule has 0 atom stereocenters. The maximum absolute atomic E-state index is 12.2. The summed E-state index contributed by atoms with van der Waals surface area (Å²) in [6.07, 6.45) is 0.669. The second-order valence-corrected chi connectivity index (χ2v) is 5.48. The SMILES string of the molecule is Cc1ccc2c(c1)CCN(C(=O)OCc1ccccc1)C2. The lowest BCUT2D eigenvalue weighted by Crippen LogP contribution is -2.36. The van der Waals surface area contributed by atoms with Gasteiger partial charge in [0.1, 0.15) is 6.61 Å². The summed E-state index contributed by atoms with van der Waals surface area (Å²) in [4.78, 5) is 13.9. The highest BCUT2D eigenvalue weighted by Gasteiger charge is 2.21. The van der Waals surface area contributed by atoms with Crippen LogP contribution in [0.5, 0.6) is 0 Å². The van der Waals surface area contributed by atoms with Crippen LogP contribution in [-0.2, 0) is 24.3 Å². The molecule has 0 aliphatic carbocycles. The third kappa shape index (κ3) is 3.24. The van der Waals surface area contributed by atoms with Crippen molar-refractivity contribution in [2.75, 3.05) is 6.54 Å². The molecule has 1 amide bonds. The Kier molecular flexibility index (Phi) is 3.91. The third-order valence-corrected chi connectivity index (χ3v) is 3.84. The van der Waals surface area contributed by atoms with Gasteiger partial charge in [-0.15, -0.1) is 0 Å². The smallest absolute Gasteiger partial charge is 0.410 e. The first-order valence-corrected chi connectivity index (χ1v) is 7.26. The monoisotopic (exact) mass is 281 g/mol. The molecule has 3 nitrogen and oxygen atoms in total. The van der Waals surface area contributed by atoms with Crippen molar-refractivity contribution in [2.24, 2.45) is 0 Å². The summed E-state index contributed by atoms with van der Waals surface area (Å²) >= 11 is 0. The molecule has 1 heterocycles. The number of hydrogen-bond acceptors (Lipinski definition) is 2. The summed E-state index contributed by atoms with van der Waals surface area (Å²) < 4.78 is 5.39. The van der Waals surface area contributed by atoms with Gasteiger partial charge in [0.05, 0.1) is 0 Å². The van der Waals surface area contributed by atoms with E-state index in [-0.39, 0.29) is 6.09 Å². The van der Waals surface area contributed by atoms with Gasteiger partial charge >= 0.3 is 6.09 Å². The number of amides is 1. The molecule has 0 N–H and O–H groups in total. The largest absolute Gasteiger partial charge is 0.445 e. The minimum Gasteiger partial charge on any atom is -0.445 e. The minimum atomic E-state index is -0.231. The van der Waals surface area contributed by atoms with E-state index in [1.165, 1.54) is 16.7 Å². The predicted molar refractivity (Wildman–Crippen MR) is 81.9 cm³/mol. The third-order valence-electron chi connectivity index (χ3n) is 3.84. The average molecular weight is 281 g/mol. The first-order valence-electron chi connectivity index (χ1n) is 7.26. The number of benzene rings is 2. The molecular formula is C18H19NO2. The molecular weight excluding hydrogens is 262 g/mol. The molecule has 21 heavy (non-hydrogen) atoms. The van der Waals surface area contributed by atoms with Gasteiger partial charge < -0.3 is 9.64 Å². The predicted octanol–water partition coefficient (Wildman–Crippen LogP) is 3.69. The number of nitrogens with zero attached hydrogens (tertiary/aromatic N) is 1. The molecule has 0 radical (unpaired) electrons. The highest BCUT2D eigenvalue weighted by atomic mass is 16.6. The molecule has 0 saturated carbocycles. The van der Waals surface area contributed by atoms with E-state index in [1.54, 1.807) is 4.90 Å². The highest BCUT2D eigenvalue weighted by molar-refractivity contribution is 5.68. The Morgan fingerprint density at radius 1 is 1.14 bits per heavy atom. The van der Waals surface area contributed by atoms with Gasteiger partial charge in [0.2, 0.25) is 0 Å². The van der Waals surface area contributed by atoms with Crippen LogP contribution in [0.25, 0.3) is 0 Å². The number of rotatable bonds is 2. The molecule has 0 fully saturated rings. The van der Waals surface area contributed by atoms with Gasteiger partial charge in [-0.3, -0.25) is 0 Å². The zero-order valence-corrected chi connectivity index (χ0v) is 12.2. The van der Waals surface area contributed by atoms with E-state index in [0.29, 0.717) is 13.2 Å². The molecule has 2 aromatic carbocycles. The Labute approximate surface area is 125 Å². The van der Waals surface area contributed by atoms with Gasteiger partial charge in [-0.1, -0.05) is 54.1 Å². The van der Waals surface area contributed by atoms with Crippen LogP contribution in [0.3, 0.4) is 0 Å². The number of carbonyl (C=O) groups excluding carboxylic acids is 1. The lowest BCUT2D eigenvalue weighted by molar-refractivity contribution is 0.0918. The fourth-order valence-corrected chi connectivity index (χ4v) is 2.65. The summed E-state index contributed by atoms with van der Waals surface area (Å²) in [5, 5.41) is 0. The summed E-state index contributed by atoms with van der Waals surface area (Å²) in [6.45, 7) is 3.80. The molecule has 3 rings (SSSR count). The zero-order chi connectivity index (χ0) is 14.7. The van der Waals surface area contributed by atoms with Crippen LogP contribution in [0.2, 0.25) is 0 Å². The number of fused-ring (bicyclic) bond motifs is 1. The Balaban J connectivity index is 1.60. The van der Waals surface area contributed by atoms with Crippen molar-refractivity contribution in [1.29, 1.82) is 0 Å². The fourth-order valence-electron chi connectivity index (χ4n) is 2.65. The Morgan fingerprint density at radius 2 is 1.95 bits per heavy atom. The van der Waals surface area contributed by atoms with Gasteiger partial charge in [0.15, 0.2) is 0 Å². The first-order chi connectivity index (χ1) is 10.2. The number of ether oxygens (including phenoxy) is 1. The van der Waals surface area contributed by atoms with Gasteiger partial charge in [-0.25, -0.2) is 4.79 Å².